The molecule has 2 aromatic heterocycles. The van der Waals surface area contributed by atoms with Crippen LogP contribution in [0.15, 0.2) is 43.0 Å². The van der Waals surface area contributed by atoms with Crippen LogP contribution in [0.3, 0.4) is 0 Å². The molecule has 12 heteroatoms. The summed E-state index contributed by atoms with van der Waals surface area (Å²) in [5.74, 6) is 0.0479. The smallest absolute Gasteiger partial charge is 0.324 e. The third-order valence-electron chi connectivity index (χ3n) is 4.74. The topological polar surface area (TPSA) is 121 Å². The van der Waals surface area contributed by atoms with E-state index >= 15 is 0 Å². The van der Waals surface area contributed by atoms with Crippen molar-refractivity contribution in [2.45, 2.75) is 32.1 Å². The summed E-state index contributed by atoms with van der Waals surface area (Å²) >= 11 is 4.93. The Hall–Kier alpha value is -2.27. The minimum atomic E-state index is -3.24. The summed E-state index contributed by atoms with van der Waals surface area (Å²) in [6, 6.07) is 8.87. The molecule has 0 spiro atoms. The van der Waals surface area contributed by atoms with Crippen LogP contribution >= 0.6 is 6.72 Å². The maximum Gasteiger partial charge on any atom is 0.324 e. The second-order valence-electron chi connectivity index (χ2n) is 6.84. The average Bonchev–Trinajstić information content (AvgIpc) is 3.40. The number of aromatic nitrogens is 4. The van der Waals surface area contributed by atoms with Crippen molar-refractivity contribution in [3.05, 3.63) is 48.5 Å². The molecule has 1 unspecified atom stereocenters. The van der Waals surface area contributed by atoms with Gasteiger partial charge < -0.3 is 24.0 Å². The molecule has 31 heavy (non-hydrogen) atoms. The molecule has 4 rings (SSSR count). The van der Waals surface area contributed by atoms with E-state index in [4.69, 9.17) is 25.6 Å². The SMILES string of the molecule is CCOP(O)(=S)OC[C@@H]1CC[C@H](n2cnc3c(NC(=O)c4ccccc4)ncnc32)O1. The summed E-state index contributed by atoms with van der Waals surface area (Å²) < 4.78 is 18.2. The zero-order valence-electron chi connectivity index (χ0n) is 16.7. The molecule has 3 atom stereocenters. The van der Waals surface area contributed by atoms with Gasteiger partial charge in [0.25, 0.3) is 5.91 Å². The van der Waals surface area contributed by atoms with Gasteiger partial charge in [0, 0.05) is 5.56 Å². The molecule has 0 aliphatic carbocycles. The molecule has 1 aromatic carbocycles. The van der Waals surface area contributed by atoms with Gasteiger partial charge >= 0.3 is 6.72 Å². The van der Waals surface area contributed by atoms with Gasteiger partial charge in [-0.3, -0.25) is 9.36 Å². The van der Waals surface area contributed by atoms with Crippen LogP contribution in [0.25, 0.3) is 11.2 Å². The van der Waals surface area contributed by atoms with E-state index in [2.05, 4.69) is 20.3 Å². The molecule has 0 radical (unpaired) electrons. The maximum atomic E-state index is 12.5. The standard InChI is InChI=1S/C19H22N5O5PS/c1-2-27-30(26,31)28-10-14-8-9-15(29-14)24-12-22-16-17(20-11-21-18(16)24)23-19(25)13-6-4-3-5-7-13/h3-7,11-12,14-15H,2,8-10H2,1H3,(H,26,31)(H,20,21,23,25)/t14-,15+,30?/m0/s1. The molecular formula is C19H22N5O5PS. The first-order chi connectivity index (χ1) is 15.0. The van der Waals surface area contributed by atoms with E-state index in [1.54, 1.807) is 42.1 Å². The van der Waals surface area contributed by atoms with E-state index in [-0.39, 0.29) is 31.5 Å². The zero-order valence-corrected chi connectivity index (χ0v) is 18.5. The molecular weight excluding hydrogens is 441 g/mol. The summed E-state index contributed by atoms with van der Waals surface area (Å²) in [6.07, 6.45) is 3.86. The number of nitrogens with zero attached hydrogens (tertiary/aromatic N) is 4. The van der Waals surface area contributed by atoms with Crippen LogP contribution < -0.4 is 5.32 Å². The molecule has 1 aliphatic heterocycles. The Balaban J connectivity index is 1.46. The number of amides is 1. The summed E-state index contributed by atoms with van der Waals surface area (Å²) in [4.78, 5) is 35.3. The number of benzene rings is 1. The average molecular weight is 463 g/mol. The van der Waals surface area contributed by atoms with Gasteiger partial charge in [0.05, 0.1) is 25.6 Å². The van der Waals surface area contributed by atoms with Crippen LogP contribution in [-0.4, -0.2) is 49.6 Å². The van der Waals surface area contributed by atoms with E-state index in [1.807, 2.05) is 6.07 Å². The molecule has 164 valence electrons. The van der Waals surface area contributed by atoms with Gasteiger partial charge in [-0.1, -0.05) is 18.2 Å². The Morgan fingerprint density at radius 3 is 2.87 bits per heavy atom. The van der Waals surface area contributed by atoms with Gasteiger partial charge in [-0.25, -0.2) is 15.0 Å². The number of anilines is 1. The number of nitrogens with one attached hydrogen (secondary N) is 1. The number of imidazole rings is 1. The number of carbonyl (C=O) groups is 1. The van der Waals surface area contributed by atoms with E-state index < -0.39 is 6.72 Å². The van der Waals surface area contributed by atoms with Gasteiger partial charge in [-0.15, -0.1) is 0 Å². The fraction of sp³-hybridized carbons (Fsp3) is 0.368. The van der Waals surface area contributed by atoms with Crippen molar-refractivity contribution in [3.8, 4) is 0 Å². The lowest BCUT2D eigenvalue weighted by Crippen LogP contribution is -2.16. The lowest BCUT2D eigenvalue weighted by atomic mass is 10.2. The van der Waals surface area contributed by atoms with Crippen molar-refractivity contribution in [2.75, 3.05) is 18.5 Å². The molecule has 1 fully saturated rings. The summed E-state index contributed by atoms with van der Waals surface area (Å²) in [7, 11) is 0. The van der Waals surface area contributed by atoms with Crippen LogP contribution in [0.2, 0.25) is 0 Å². The van der Waals surface area contributed by atoms with Crippen molar-refractivity contribution in [1.29, 1.82) is 0 Å². The van der Waals surface area contributed by atoms with Crippen molar-refractivity contribution in [2.24, 2.45) is 0 Å². The van der Waals surface area contributed by atoms with E-state index in [0.29, 0.717) is 35.4 Å². The summed E-state index contributed by atoms with van der Waals surface area (Å²) in [6.45, 7) is -1.07. The fourth-order valence-electron chi connectivity index (χ4n) is 3.32. The van der Waals surface area contributed by atoms with Crippen molar-refractivity contribution in [3.63, 3.8) is 0 Å². The first kappa shape index (κ1) is 21.9. The summed E-state index contributed by atoms with van der Waals surface area (Å²) in [5, 5.41) is 2.79. The highest BCUT2D eigenvalue weighted by molar-refractivity contribution is 8.07. The van der Waals surface area contributed by atoms with Gasteiger partial charge in [0.2, 0.25) is 0 Å². The van der Waals surface area contributed by atoms with Crippen molar-refractivity contribution in [1.82, 2.24) is 19.5 Å². The van der Waals surface area contributed by atoms with Gasteiger partial charge in [0.15, 0.2) is 17.0 Å². The Labute approximate surface area is 183 Å². The third-order valence-corrected chi connectivity index (χ3v) is 6.43. The Morgan fingerprint density at radius 1 is 1.29 bits per heavy atom. The number of ether oxygens (including phenoxy) is 1. The highest BCUT2D eigenvalue weighted by Gasteiger charge is 2.30. The largest absolute Gasteiger partial charge is 0.352 e. The molecule has 0 bridgehead atoms. The monoisotopic (exact) mass is 463 g/mol. The fourth-order valence-corrected chi connectivity index (χ4v) is 4.57. The van der Waals surface area contributed by atoms with Crippen LogP contribution in [0.5, 0.6) is 0 Å². The second kappa shape index (κ2) is 9.47. The van der Waals surface area contributed by atoms with Crippen molar-refractivity contribution < 1.29 is 23.5 Å². The lowest BCUT2D eigenvalue weighted by Gasteiger charge is -2.18. The molecule has 2 N–H and O–H groups in total. The van der Waals surface area contributed by atoms with Crippen LogP contribution in [-0.2, 0) is 25.6 Å². The minimum absolute atomic E-state index is 0.143. The summed E-state index contributed by atoms with van der Waals surface area (Å²) in [5.41, 5.74) is 1.54. The van der Waals surface area contributed by atoms with E-state index in [1.165, 1.54) is 6.33 Å². The second-order valence-corrected chi connectivity index (χ2v) is 9.68. The van der Waals surface area contributed by atoms with Crippen LogP contribution in [0.1, 0.15) is 36.4 Å². The highest BCUT2D eigenvalue weighted by Crippen LogP contribution is 2.44. The maximum absolute atomic E-state index is 12.5. The normalized spacial score (nSPS) is 20.6. The molecule has 3 heterocycles. The number of carbonyl (C=O) groups excluding carboxylic acids is 1. The molecule has 0 saturated carbocycles. The molecule has 1 saturated heterocycles. The van der Waals surface area contributed by atoms with Gasteiger partial charge in [-0.2, -0.15) is 0 Å². The molecule has 10 nitrogen and oxygen atoms in total. The molecule has 1 aliphatic rings. The van der Waals surface area contributed by atoms with Crippen LogP contribution in [0, 0.1) is 0 Å². The quantitative estimate of drug-likeness (QED) is 0.486. The highest BCUT2D eigenvalue weighted by atomic mass is 32.5. The minimum Gasteiger partial charge on any atom is -0.352 e. The predicted molar refractivity (Wildman–Crippen MR) is 117 cm³/mol. The first-order valence-electron chi connectivity index (χ1n) is 9.78. The molecule has 3 aromatic rings. The van der Waals surface area contributed by atoms with Gasteiger partial charge in [-0.05, 0) is 43.7 Å². The van der Waals surface area contributed by atoms with E-state index in [9.17, 15) is 9.69 Å². The first-order valence-corrected chi connectivity index (χ1v) is 12.4. The predicted octanol–water partition coefficient (Wildman–Crippen LogP) is 3.03. The number of hydrogen-bond acceptors (Lipinski definition) is 8. The van der Waals surface area contributed by atoms with E-state index in [0.717, 1.165) is 0 Å². The zero-order chi connectivity index (χ0) is 21.8. The third kappa shape index (κ3) is 5.15. The number of fused-ring (bicyclic) bond motifs is 1. The van der Waals surface area contributed by atoms with Gasteiger partial charge in [0.1, 0.15) is 12.6 Å². The number of hydrogen-bond donors (Lipinski definition) is 2. The number of rotatable bonds is 8. The van der Waals surface area contributed by atoms with Crippen LogP contribution in [0.4, 0.5) is 5.82 Å². The Kier molecular flexibility index (Phi) is 6.71. The Morgan fingerprint density at radius 2 is 2.10 bits per heavy atom. The van der Waals surface area contributed by atoms with Crippen molar-refractivity contribution >= 4 is 41.4 Å². The lowest BCUT2D eigenvalue weighted by molar-refractivity contribution is -0.0188. The molecule has 1 amide bonds. The Bertz CT molecular complexity index is 1110.